The van der Waals surface area contributed by atoms with Gasteiger partial charge in [-0.15, -0.1) is 0 Å². The number of alkyl carbamates (subject to hydrolysis) is 1. The van der Waals surface area contributed by atoms with Gasteiger partial charge in [0.15, 0.2) is 0 Å². The van der Waals surface area contributed by atoms with Gasteiger partial charge in [0.25, 0.3) is 0 Å². The number of amides is 1. The molecule has 4 heteroatoms. The minimum Gasteiger partial charge on any atom is -0.447 e. The molecule has 0 aliphatic rings. The minimum absolute atomic E-state index is 0.0720. The first-order chi connectivity index (χ1) is 8.88. The second kappa shape index (κ2) is 7.14. The van der Waals surface area contributed by atoms with Crippen LogP contribution in [0.25, 0.3) is 0 Å². The Hall–Kier alpha value is -1.55. The number of hydrogen-bond donors (Lipinski definition) is 1. The van der Waals surface area contributed by atoms with Crippen LogP contribution < -0.4 is 5.32 Å². The molecular weight excluding hydrogens is 242 g/mol. The summed E-state index contributed by atoms with van der Waals surface area (Å²) in [5.74, 6) is 0. The first kappa shape index (κ1) is 15.5. The van der Waals surface area contributed by atoms with Crippen molar-refractivity contribution in [1.29, 1.82) is 0 Å². The zero-order valence-corrected chi connectivity index (χ0v) is 12.1. The number of carbonyl (C=O) groups is 1. The van der Waals surface area contributed by atoms with Gasteiger partial charge in [-0.05, 0) is 33.3 Å². The van der Waals surface area contributed by atoms with Crippen LogP contribution in [0.3, 0.4) is 0 Å². The Morgan fingerprint density at radius 1 is 1.21 bits per heavy atom. The van der Waals surface area contributed by atoms with Gasteiger partial charge in [0.05, 0.1) is 18.2 Å². The van der Waals surface area contributed by atoms with E-state index in [9.17, 15) is 4.79 Å². The summed E-state index contributed by atoms with van der Waals surface area (Å²) in [5.41, 5.74) is 0.836. The first-order valence-electron chi connectivity index (χ1n) is 6.51. The number of carbonyl (C=O) groups excluding carboxylic acids is 1. The predicted molar refractivity (Wildman–Crippen MR) is 75.0 cm³/mol. The predicted octanol–water partition coefficient (Wildman–Crippen LogP) is 3.29. The first-order valence-corrected chi connectivity index (χ1v) is 6.51. The van der Waals surface area contributed by atoms with Crippen molar-refractivity contribution in [3.63, 3.8) is 0 Å². The van der Waals surface area contributed by atoms with E-state index in [1.165, 1.54) is 0 Å². The van der Waals surface area contributed by atoms with E-state index in [1.807, 2.05) is 58.0 Å². The zero-order valence-electron chi connectivity index (χ0n) is 12.1. The molecule has 0 radical (unpaired) electrons. The SMILES string of the molecule is CC(NC(=O)OCCOC(C)(C)C)c1ccccc1. The van der Waals surface area contributed by atoms with Gasteiger partial charge < -0.3 is 14.8 Å². The van der Waals surface area contributed by atoms with E-state index in [0.717, 1.165) is 5.56 Å². The van der Waals surface area contributed by atoms with E-state index in [0.29, 0.717) is 6.61 Å². The van der Waals surface area contributed by atoms with Crippen LogP contribution in [0.5, 0.6) is 0 Å². The molecule has 0 heterocycles. The van der Waals surface area contributed by atoms with Gasteiger partial charge in [0.2, 0.25) is 0 Å². The molecule has 1 unspecified atom stereocenters. The molecule has 1 amide bonds. The molecular formula is C15H23NO3. The van der Waals surface area contributed by atoms with Crippen LogP contribution >= 0.6 is 0 Å². The topological polar surface area (TPSA) is 47.6 Å². The van der Waals surface area contributed by atoms with Crippen molar-refractivity contribution < 1.29 is 14.3 Å². The molecule has 19 heavy (non-hydrogen) atoms. The highest BCUT2D eigenvalue weighted by Crippen LogP contribution is 2.11. The van der Waals surface area contributed by atoms with Gasteiger partial charge in [-0.2, -0.15) is 0 Å². The van der Waals surface area contributed by atoms with Gasteiger partial charge >= 0.3 is 6.09 Å². The second-order valence-electron chi connectivity index (χ2n) is 5.37. The highest BCUT2D eigenvalue weighted by atomic mass is 16.6. The van der Waals surface area contributed by atoms with E-state index in [2.05, 4.69) is 5.32 Å². The maximum atomic E-state index is 11.6. The third kappa shape index (κ3) is 6.82. The number of nitrogens with one attached hydrogen (secondary N) is 1. The van der Waals surface area contributed by atoms with E-state index < -0.39 is 6.09 Å². The molecule has 1 rings (SSSR count). The summed E-state index contributed by atoms with van der Waals surface area (Å²) < 4.78 is 10.5. The second-order valence-corrected chi connectivity index (χ2v) is 5.37. The third-order valence-electron chi connectivity index (χ3n) is 2.49. The van der Waals surface area contributed by atoms with Crippen LogP contribution in [0.2, 0.25) is 0 Å². The van der Waals surface area contributed by atoms with Crippen molar-refractivity contribution in [3.8, 4) is 0 Å². The van der Waals surface area contributed by atoms with Gasteiger partial charge in [-0.1, -0.05) is 30.3 Å². The number of ether oxygens (including phenoxy) is 2. The van der Waals surface area contributed by atoms with E-state index in [4.69, 9.17) is 9.47 Å². The number of benzene rings is 1. The minimum atomic E-state index is -0.422. The summed E-state index contributed by atoms with van der Waals surface area (Å²) in [7, 11) is 0. The quantitative estimate of drug-likeness (QED) is 0.831. The van der Waals surface area contributed by atoms with Crippen molar-refractivity contribution in [2.75, 3.05) is 13.2 Å². The lowest BCUT2D eigenvalue weighted by Crippen LogP contribution is -2.29. The van der Waals surface area contributed by atoms with Crippen molar-refractivity contribution in [2.45, 2.75) is 39.3 Å². The Morgan fingerprint density at radius 2 is 1.84 bits per heavy atom. The fourth-order valence-corrected chi connectivity index (χ4v) is 1.53. The molecule has 106 valence electrons. The van der Waals surface area contributed by atoms with Crippen molar-refractivity contribution in [1.82, 2.24) is 5.32 Å². The molecule has 1 aromatic carbocycles. The van der Waals surface area contributed by atoms with Gasteiger partial charge in [-0.25, -0.2) is 4.79 Å². The summed E-state index contributed by atoms with van der Waals surface area (Å²) in [6.45, 7) is 8.46. The van der Waals surface area contributed by atoms with E-state index >= 15 is 0 Å². The summed E-state index contributed by atoms with van der Waals surface area (Å²) in [4.78, 5) is 11.6. The molecule has 4 nitrogen and oxygen atoms in total. The summed E-state index contributed by atoms with van der Waals surface area (Å²) in [6, 6.07) is 9.68. The lowest BCUT2D eigenvalue weighted by molar-refractivity contribution is -0.0232. The van der Waals surface area contributed by atoms with E-state index in [-0.39, 0.29) is 18.2 Å². The molecule has 0 aliphatic carbocycles. The Morgan fingerprint density at radius 3 is 2.42 bits per heavy atom. The fourth-order valence-electron chi connectivity index (χ4n) is 1.53. The molecule has 0 saturated heterocycles. The molecule has 1 atom stereocenters. The molecule has 0 aromatic heterocycles. The standard InChI is InChI=1S/C15H23NO3/c1-12(13-8-6-5-7-9-13)16-14(17)18-10-11-19-15(2,3)4/h5-9,12H,10-11H2,1-4H3,(H,16,17). The molecule has 0 saturated carbocycles. The van der Waals surface area contributed by atoms with E-state index in [1.54, 1.807) is 0 Å². The molecule has 0 aliphatic heterocycles. The van der Waals surface area contributed by atoms with Crippen molar-refractivity contribution >= 4 is 6.09 Å². The van der Waals surface area contributed by atoms with Crippen molar-refractivity contribution in [3.05, 3.63) is 35.9 Å². The van der Waals surface area contributed by atoms with Crippen molar-refractivity contribution in [2.24, 2.45) is 0 Å². The zero-order chi connectivity index (χ0) is 14.3. The fraction of sp³-hybridized carbons (Fsp3) is 0.533. The lowest BCUT2D eigenvalue weighted by Gasteiger charge is -2.19. The van der Waals surface area contributed by atoms with Crippen LogP contribution in [-0.2, 0) is 9.47 Å². The molecule has 0 bridgehead atoms. The monoisotopic (exact) mass is 265 g/mol. The molecule has 1 aromatic rings. The highest BCUT2D eigenvalue weighted by Gasteiger charge is 2.12. The number of hydrogen-bond acceptors (Lipinski definition) is 3. The summed E-state index contributed by atoms with van der Waals surface area (Å²) >= 11 is 0. The number of rotatable bonds is 5. The van der Waals surface area contributed by atoms with Crippen LogP contribution in [0.4, 0.5) is 4.79 Å². The van der Waals surface area contributed by atoms with Gasteiger partial charge in [0.1, 0.15) is 6.61 Å². The smallest absolute Gasteiger partial charge is 0.407 e. The van der Waals surface area contributed by atoms with Crippen LogP contribution in [0.15, 0.2) is 30.3 Å². The maximum absolute atomic E-state index is 11.6. The lowest BCUT2D eigenvalue weighted by atomic mass is 10.1. The Labute approximate surface area is 115 Å². The highest BCUT2D eigenvalue weighted by molar-refractivity contribution is 5.67. The third-order valence-corrected chi connectivity index (χ3v) is 2.49. The Bertz CT molecular complexity index is 384. The Kier molecular flexibility index (Phi) is 5.83. The maximum Gasteiger partial charge on any atom is 0.407 e. The normalized spacial score (nSPS) is 12.8. The molecule has 0 fully saturated rings. The molecule has 1 N–H and O–H groups in total. The Balaban J connectivity index is 2.24. The average molecular weight is 265 g/mol. The largest absolute Gasteiger partial charge is 0.447 e. The summed E-state index contributed by atoms with van der Waals surface area (Å²) in [6.07, 6.45) is -0.422. The summed E-state index contributed by atoms with van der Waals surface area (Å²) in [5, 5.41) is 2.78. The molecule has 0 spiro atoms. The van der Waals surface area contributed by atoms with Crippen LogP contribution in [0, 0.1) is 0 Å². The van der Waals surface area contributed by atoms with Gasteiger partial charge in [-0.3, -0.25) is 0 Å². The van der Waals surface area contributed by atoms with Crippen LogP contribution in [-0.4, -0.2) is 24.9 Å². The van der Waals surface area contributed by atoms with Crippen LogP contribution in [0.1, 0.15) is 39.3 Å². The average Bonchev–Trinajstić information content (AvgIpc) is 2.34. The van der Waals surface area contributed by atoms with Gasteiger partial charge in [0, 0.05) is 0 Å².